The second-order valence-electron chi connectivity index (χ2n) is 6.42. The van der Waals surface area contributed by atoms with Gasteiger partial charge in [0.05, 0.1) is 0 Å². The maximum atomic E-state index is 2.58. The maximum Gasteiger partial charge on any atom is 0.0234 e. The van der Waals surface area contributed by atoms with Crippen molar-refractivity contribution in [3.63, 3.8) is 0 Å². The molecule has 0 aromatic heterocycles. The van der Waals surface area contributed by atoms with Gasteiger partial charge in [-0.3, -0.25) is 9.80 Å². The summed E-state index contributed by atoms with van der Waals surface area (Å²) in [5, 5.41) is 0. The van der Waals surface area contributed by atoms with Gasteiger partial charge in [0.1, 0.15) is 0 Å². The molecule has 0 radical (unpaired) electrons. The topological polar surface area (TPSA) is 6.48 Å². The largest absolute Gasteiger partial charge is 0.297 e. The lowest BCUT2D eigenvalue weighted by Gasteiger charge is -2.42. The van der Waals surface area contributed by atoms with E-state index in [9.17, 15) is 0 Å². The molecule has 1 aromatic rings. The van der Waals surface area contributed by atoms with Crippen molar-refractivity contribution in [2.45, 2.75) is 39.8 Å². The predicted octanol–water partition coefficient (Wildman–Crippen LogP) is 2.91. The third kappa shape index (κ3) is 3.56. The molecule has 2 heteroatoms. The van der Waals surface area contributed by atoms with Crippen molar-refractivity contribution in [2.75, 3.05) is 26.2 Å². The third-order valence-electron chi connectivity index (χ3n) is 3.81. The second kappa shape index (κ2) is 5.41. The van der Waals surface area contributed by atoms with Crippen molar-refractivity contribution in [1.82, 2.24) is 9.80 Å². The van der Waals surface area contributed by atoms with Crippen LogP contribution in [0.3, 0.4) is 0 Å². The van der Waals surface area contributed by atoms with Gasteiger partial charge in [-0.25, -0.2) is 0 Å². The molecule has 1 aromatic carbocycles. The predicted molar refractivity (Wildman–Crippen MR) is 77.8 cm³/mol. The average Bonchev–Trinajstić information content (AvgIpc) is 2.28. The Morgan fingerprint density at radius 1 is 1.06 bits per heavy atom. The van der Waals surface area contributed by atoms with Gasteiger partial charge in [-0.1, -0.05) is 29.8 Å². The molecule has 2 nitrogen and oxygen atoms in total. The molecular formula is C16H26N2. The highest BCUT2D eigenvalue weighted by atomic mass is 15.3. The number of nitrogens with zero attached hydrogens (tertiary/aromatic N) is 2. The van der Waals surface area contributed by atoms with Gasteiger partial charge in [0.25, 0.3) is 0 Å². The molecule has 0 atom stereocenters. The molecule has 0 saturated carbocycles. The van der Waals surface area contributed by atoms with E-state index in [0.29, 0.717) is 5.54 Å². The SMILES string of the molecule is Cc1cccc(CN2CCN(C(C)(C)C)CC2)c1. The van der Waals surface area contributed by atoms with Crippen LogP contribution in [0.4, 0.5) is 0 Å². The molecule has 0 aliphatic carbocycles. The van der Waals surface area contributed by atoms with Crippen molar-refractivity contribution < 1.29 is 0 Å². The van der Waals surface area contributed by atoms with Crippen LogP contribution in [-0.4, -0.2) is 41.5 Å². The Morgan fingerprint density at radius 2 is 1.72 bits per heavy atom. The zero-order valence-electron chi connectivity index (χ0n) is 12.2. The van der Waals surface area contributed by atoms with Crippen LogP contribution in [0.2, 0.25) is 0 Å². The summed E-state index contributed by atoms with van der Waals surface area (Å²) in [7, 11) is 0. The molecule has 100 valence electrons. The Kier molecular flexibility index (Phi) is 4.08. The van der Waals surface area contributed by atoms with Crippen LogP contribution < -0.4 is 0 Å². The first kappa shape index (κ1) is 13.6. The molecule has 0 bridgehead atoms. The highest BCUT2D eigenvalue weighted by molar-refractivity contribution is 5.22. The zero-order chi connectivity index (χ0) is 13.2. The lowest BCUT2D eigenvalue weighted by Crippen LogP contribution is -2.53. The van der Waals surface area contributed by atoms with Crippen LogP contribution >= 0.6 is 0 Å². The van der Waals surface area contributed by atoms with E-state index in [1.165, 1.54) is 37.3 Å². The van der Waals surface area contributed by atoms with E-state index in [1.54, 1.807) is 0 Å². The van der Waals surface area contributed by atoms with Gasteiger partial charge >= 0.3 is 0 Å². The van der Waals surface area contributed by atoms with E-state index in [-0.39, 0.29) is 0 Å². The molecule has 0 amide bonds. The molecule has 2 rings (SSSR count). The zero-order valence-corrected chi connectivity index (χ0v) is 12.2. The van der Waals surface area contributed by atoms with Crippen molar-refractivity contribution >= 4 is 0 Å². The van der Waals surface area contributed by atoms with Crippen molar-refractivity contribution in [3.05, 3.63) is 35.4 Å². The number of aryl methyl sites for hydroxylation is 1. The average molecular weight is 246 g/mol. The molecule has 1 heterocycles. The fourth-order valence-corrected chi connectivity index (χ4v) is 2.65. The molecule has 1 aliphatic heterocycles. The number of hydrogen-bond acceptors (Lipinski definition) is 2. The van der Waals surface area contributed by atoms with Crippen molar-refractivity contribution in [1.29, 1.82) is 0 Å². The Labute approximate surface area is 112 Å². The van der Waals surface area contributed by atoms with E-state index >= 15 is 0 Å². The number of piperazine rings is 1. The second-order valence-corrected chi connectivity index (χ2v) is 6.42. The molecule has 0 unspecified atom stereocenters. The minimum absolute atomic E-state index is 0.315. The molecule has 1 aliphatic rings. The van der Waals surface area contributed by atoms with Crippen LogP contribution in [0.5, 0.6) is 0 Å². The summed E-state index contributed by atoms with van der Waals surface area (Å²) < 4.78 is 0. The summed E-state index contributed by atoms with van der Waals surface area (Å²) in [6.07, 6.45) is 0. The Hall–Kier alpha value is -0.860. The first-order valence-electron chi connectivity index (χ1n) is 6.98. The fraction of sp³-hybridized carbons (Fsp3) is 0.625. The fourth-order valence-electron chi connectivity index (χ4n) is 2.65. The minimum atomic E-state index is 0.315. The maximum absolute atomic E-state index is 2.58. The highest BCUT2D eigenvalue weighted by Gasteiger charge is 2.25. The molecular weight excluding hydrogens is 220 g/mol. The number of benzene rings is 1. The number of hydrogen-bond donors (Lipinski definition) is 0. The van der Waals surface area contributed by atoms with Gasteiger partial charge in [-0.2, -0.15) is 0 Å². The smallest absolute Gasteiger partial charge is 0.0234 e. The van der Waals surface area contributed by atoms with Gasteiger partial charge in [-0.05, 0) is 33.3 Å². The summed E-state index contributed by atoms with van der Waals surface area (Å²) in [6.45, 7) is 14.9. The molecule has 18 heavy (non-hydrogen) atoms. The van der Waals surface area contributed by atoms with Gasteiger partial charge in [0.2, 0.25) is 0 Å². The van der Waals surface area contributed by atoms with E-state index in [4.69, 9.17) is 0 Å². The lowest BCUT2D eigenvalue weighted by atomic mass is 10.0. The summed E-state index contributed by atoms with van der Waals surface area (Å²) >= 11 is 0. The van der Waals surface area contributed by atoms with Crippen LogP contribution in [0.1, 0.15) is 31.9 Å². The van der Waals surface area contributed by atoms with Gasteiger partial charge in [0, 0.05) is 38.3 Å². The lowest BCUT2D eigenvalue weighted by molar-refractivity contribution is 0.0591. The van der Waals surface area contributed by atoms with Crippen molar-refractivity contribution in [3.8, 4) is 0 Å². The van der Waals surface area contributed by atoms with Gasteiger partial charge in [0.15, 0.2) is 0 Å². The van der Waals surface area contributed by atoms with Crippen LogP contribution in [-0.2, 0) is 6.54 Å². The molecule has 0 spiro atoms. The Bertz CT molecular complexity index is 384. The summed E-state index contributed by atoms with van der Waals surface area (Å²) in [4.78, 5) is 5.15. The monoisotopic (exact) mass is 246 g/mol. The Morgan fingerprint density at radius 3 is 2.28 bits per heavy atom. The standard InChI is InChI=1S/C16H26N2/c1-14-6-5-7-15(12-14)13-17-8-10-18(11-9-17)16(2,3)4/h5-7,12H,8-11,13H2,1-4H3. The third-order valence-corrected chi connectivity index (χ3v) is 3.81. The van der Waals surface area contributed by atoms with E-state index < -0.39 is 0 Å². The quantitative estimate of drug-likeness (QED) is 0.791. The van der Waals surface area contributed by atoms with E-state index in [2.05, 4.69) is 61.8 Å². The molecule has 1 fully saturated rings. The van der Waals surface area contributed by atoms with Crippen LogP contribution in [0.25, 0.3) is 0 Å². The van der Waals surface area contributed by atoms with E-state index in [0.717, 1.165) is 6.54 Å². The van der Waals surface area contributed by atoms with Crippen LogP contribution in [0, 0.1) is 6.92 Å². The normalized spacial score (nSPS) is 19.1. The minimum Gasteiger partial charge on any atom is -0.297 e. The molecule has 1 saturated heterocycles. The number of rotatable bonds is 2. The Balaban J connectivity index is 1.87. The summed E-state index contributed by atoms with van der Waals surface area (Å²) in [5.74, 6) is 0. The van der Waals surface area contributed by atoms with Gasteiger partial charge in [-0.15, -0.1) is 0 Å². The first-order chi connectivity index (χ1) is 8.45. The van der Waals surface area contributed by atoms with E-state index in [1.807, 2.05) is 0 Å². The highest BCUT2D eigenvalue weighted by Crippen LogP contribution is 2.17. The first-order valence-corrected chi connectivity index (χ1v) is 6.98. The molecule has 0 N–H and O–H groups in total. The summed E-state index contributed by atoms with van der Waals surface area (Å²) in [6, 6.07) is 8.87. The van der Waals surface area contributed by atoms with Crippen LogP contribution in [0.15, 0.2) is 24.3 Å². The van der Waals surface area contributed by atoms with Crippen molar-refractivity contribution in [2.24, 2.45) is 0 Å². The van der Waals surface area contributed by atoms with Gasteiger partial charge < -0.3 is 0 Å². The summed E-state index contributed by atoms with van der Waals surface area (Å²) in [5.41, 5.74) is 3.12.